The molecule has 2 heterocycles. The highest BCUT2D eigenvalue weighted by Gasteiger charge is 2.06. The van der Waals surface area contributed by atoms with Gasteiger partial charge in [0.1, 0.15) is 11.2 Å². The zero-order valence-corrected chi connectivity index (χ0v) is 10.8. The Labute approximate surface area is 115 Å². The van der Waals surface area contributed by atoms with Crippen molar-refractivity contribution in [1.29, 1.82) is 0 Å². The van der Waals surface area contributed by atoms with E-state index in [1.54, 1.807) is 12.5 Å². The molecule has 0 radical (unpaired) electrons. The number of rotatable bonds is 3. The highest BCUT2D eigenvalue weighted by atomic mass is 16.3. The van der Waals surface area contributed by atoms with Crippen molar-refractivity contribution in [2.24, 2.45) is 0 Å². The number of hydrogen-bond donors (Lipinski definition) is 1. The van der Waals surface area contributed by atoms with Crippen LogP contribution in [-0.4, -0.2) is 0 Å². The minimum Gasteiger partial charge on any atom is -0.472 e. The Hall–Kier alpha value is -2.68. The smallest absolute Gasteiger partial charge is 0.135 e. The largest absolute Gasteiger partial charge is 0.472 e. The molecule has 4 aromatic rings. The molecule has 4 rings (SSSR count). The average molecular weight is 263 g/mol. The fourth-order valence-corrected chi connectivity index (χ4v) is 2.43. The first-order chi connectivity index (χ1) is 9.90. The van der Waals surface area contributed by atoms with Gasteiger partial charge in [-0.1, -0.05) is 18.2 Å². The van der Waals surface area contributed by atoms with Crippen molar-refractivity contribution < 1.29 is 8.83 Å². The summed E-state index contributed by atoms with van der Waals surface area (Å²) in [7, 11) is 0. The summed E-state index contributed by atoms with van der Waals surface area (Å²) in [6, 6.07) is 16.2. The van der Waals surface area contributed by atoms with Gasteiger partial charge in [0.2, 0.25) is 0 Å². The third-order valence-corrected chi connectivity index (χ3v) is 3.45. The topological polar surface area (TPSA) is 38.3 Å². The van der Waals surface area contributed by atoms with Gasteiger partial charge in [-0.15, -0.1) is 0 Å². The van der Waals surface area contributed by atoms with Crippen LogP contribution in [0, 0.1) is 0 Å². The first kappa shape index (κ1) is 11.2. The van der Waals surface area contributed by atoms with Gasteiger partial charge in [-0.25, -0.2) is 0 Å². The Balaban J connectivity index is 1.72. The number of fused-ring (bicyclic) bond motifs is 3. The molecule has 0 unspecified atom stereocenters. The molecule has 0 saturated carbocycles. The van der Waals surface area contributed by atoms with Crippen molar-refractivity contribution in [3.63, 3.8) is 0 Å². The molecule has 0 atom stereocenters. The summed E-state index contributed by atoms with van der Waals surface area (Å²) in [6.45, 7) is 0.748. The summed E-state index contributed by atoms with van der Waals surface area (Å²) in [5.41, 5.74) is 4.04. The SMILES string of the molecule is c1ccc2c(c1)oc1ccc(NCc3ccoc3)cc12. The highest BCUT2D eigenvalue weighted by molar-refractivity contribution is 6.05. The number of furan rings is 2. The van der Waals surface area contributed by atoms with Crippen LogP contribution in [0.15, 0.2) is 69.9 Å². The number of para-hydroxylation sites is 1. The van der Waals surface area contributed by atoms with Crippen molar-refractivity contribution in [2.45, 2.75) is 6.54 Å². The molecule has 0 saturated heterocycles. The summed E-state index contributed by atoms with van der Waals surface area (Å²) >= 11 is 0. The lowest BCUT2D eigenvalue weighted by molar-refractivity contribution is 0.564. The van der Waals surface area contributed by atoms with Crippen LogP contribution in [0.1, 0.15) is 5.56 Å². The summed E-state index contributed by atoms with van der Waals surface area (Å²) < 4.78 is 10.9. The van der Waals surface area contributed by atoms with E-state index in [9.17, 15) is 0 Å². The van der Waals surface area contributed by atoms with Crippen molar-refractivity contribution in [2.75, 3.05) is 5.32 Å². The van der Waals surface area contributed by atoms with E-state index >= 15 is 0 Å². The van der Waals surface area contributed by atoms with Crippen LogP contribution in [0.25, 0.3) is 21.9 Å². The Morgan fingerprint density at radius 1 is 0.900 bits per heavy atom. The van der Waals surface area contributed by atoms with Crippen molar-refractivity contribution in [1.82, 2.24) is 0 Å². The molecule has 0 fully saturated rings. The fraction of sp³-hybridized carbons (Fsp3) is 0.0588. The molecular weight excluding hydrogens is 250 g/mol. The van der Waals surface area contributed by atoms with Crippen LogP contribution in [-0.2, 0) is 6.54 Å². The third-order valence-electron chi connectivity index (χ3n) is 3.45. The van der Waals surface area contributed by atoms with Gasteiger partial charge in [0.15, 0.2) is 0 Å². The standard InChI is InChI=1S/C17H13NO2/c1-2-4-16-14(3-1)15-9-13(5-6-17(15)20-16)18-10-12-7-8-19-11-12/h1-9,11,18H,10H2. The molecule has 20 heavy (non-hydrogen) atoms. The minimum atomic E-state index is 0.748. The summed E-state index contributed by atoms with van der Waals surface area (Å²) in [4.78, 5) is 0. The van der Waals surface area contributed by atoms with Crippen LogP contribution < -0.4 is 5.32 Å². The third kappa shape index (κ3) is 1.84. The van der Waals surface area contributed by atoms with E-state index in [2.05, 4.69) is 17.4 Å². The molecule has 2 aromatic carbocycles. The predicted octanol–water partition coefficient (Wildman–Crippen LogP) is 4.79. The Morgan fingerprint density at radius 3 is 2.70 bits per heavy atom. The lowest BCUT2D eigenvalue weighted by Gasteiger charge is -2.04. The number of nitrogens with one attached hydrogen (secondary N) is 1. The molecule has 3 heteroatoms. The molecule has 0 aliphatic heterocycles. The maximum atomic E-state index is 5.82. The number of benzene rings is 2. The zero-order chi connectivity index (χ0) is 13.4. The van der Waals surface area contributed by atoms with Crippen LogP contribution in [0.2, 0.25) is 0 Å². The lowest BCUT2D eigenvalue weighted by Crippen LogP contribution is -1.97. The predicted molar refractivity (Wildman–Crippen MR) is 79.8 cm³/mol. The van der Waals surface area contributed by atoms with E-state index in [1.165, 1.54) is 0 Å². The van der Waals surface area contributed by atoms with Gasteiger partial charge < -0.3 is 14.2 Å². The normalized spacial score (nSPS) is 11.2. The van der Waals surface area contributed by atoms with Crippen LogP contribution in [0.4, 0.5) is 5.69 Å². The molecule has 3 nitrogen and oxygen atoms in total. The maximum absolute atomic E-state index is 5.82. The second-order valence-electron chi connectivity index (χ2n) is 4.79. The first-order valence-electron chi connectivity index (χ1n) is 6.56. The van der Waals surface area contributed by atoms with Crippen molar-refractivity contribution >= 4 is 27.6 Å². The lowest BCUT2D eigenvalue weighted by atomic mass is 10.1. The second-order valence-corrected chi connectivity index (χ2v) is 4.79. The number of anilines is 1. The molecule has 0 aliphatic carbocycles. The summed E-state index contributed by atoms with van der Waals surface area (Å²) in [6.07, 6.45) is 3.43. The van der Waals surface area contributed by atoms with Crippen molar-refractivity contribution in [3.05, 3.63) is 66.6 Å². The minimum absolute atomic E-state index is 0.748. The van der Waals surface area contributed by atoms with Gasteiger partial charge in [-0.2, -0.15) is 0 Å². The van der Waals surface area contributed by atoms with Crippen LogP contribution in [0.3, 0.4) is 0 Å². The molecule has 0 bridgehead atoms. The molecule has 98 valence electrons. The van der Waals surface area contributed by atoms with Gasteiger partial charge in [0, 0.05) is 28.6 Å². The Morgan fingerprint density at radius 2 is 1.80 bits per heavy atom. The van der Waals surface area contributed by atoms with Gasteiger partial charge in [-0.3, -0.25) is 0 Å². The van der Waals surface area contributed by atoms with E-state index in [0.29, 0.717) is 0 Å². The van der Waals surface area contributed by atoms with Crippen molar-refractivity contribution in [3.8, 4) is 0 Å². The van der Waals surface area contributed by atoms with Gasteiger partial charge in [-0.05, 0) is 30.3 Å². The Bertz CT molecular complexity index is 859. The summed E-state index contributed by atoms with van der Waals surface area (Å²) in [5.74, 6) is 0. The maximum Gasteiger partial charge on any atom is 0.135 e. The molecule has 2 aromatic heterocycles. The van der Waals surface area contributed by atoms with E-state index in [4.69, 9.17) is 8.83 Å². The van der Waals surface area contributed by atoms with Crippen LogP contribution in [0.5, 0.6) is 0 Å². The van der Waals surface area contributed by atoms with E-state index in [1.807, 2.05) is 36.4 Å². The Kier molecular flexibility index (Phi) is 2.49. The molecule has 0 amide bonds. The fourth-order valence-electron chi connectivity index (χ4n) is 2.43. The molecule has 1 N–H and O–H groups in total. The van der Waals surface area contributed by atoms with Gasteiger partial charge in [0.05, 0.1) is 12.5 Å². The van der Waals surface area contributed by atoms with Crippen LogP contribution >= 0.6 is 0 Å². The highest BCUT2D eigenvalue weighted by Crippen LogP contribution is 2.30. The molecule has 0 spiro atoms. The van der Waals surface area contributed by atoms with E-state index in [0.717, 1.165) is 39.7 Å². The zero-order valence-electron chi connectivity index (χ0n) is 10.8. The summed E-state index contributed by atoms with van der Waals surface area (Å²) in [5, 5.41) is 5.68. The average Bonchev–Trinajstić information content (AvgIpc) is 3.12. The van der Waals surface area contributed by atoms with Gasteiger partial charge in [0.25, 0.3) is 0 Å². The quantitative estimate of drug-likeness (QED) is 0.577. The monoisotopic (exact) mass is 263 g/mol. The van der Waals surface area contributed by atoms with E-state index < -0.39 is 0 Å². The molecule has 0 aliphatic rings. The van der Waals surface area contributed by atoms with E-state index in [-0.39, 0.29) is 0 Å². The second kappa shape index (κ2) is 4.46. The number of hydrogen-bond acceptors (Lipinski definition) is 3. The first-order valence-corrected chi connectivity index (χ1v) is 6.56. The molecular formula is C17H13NO2. The van der Waals surface area contributed by atoms with Gasteiger partial charge >= 0.3 is 0 Å².